The van der Waals surface area contributed by atoms with Gasteiger partial charge in [-0.25, -0.2) is 4.98 Å². The van der Waals surface area contributed by atoms with Crippen molar-refractivity contribution in [2.45, 2.75) is 52.7 Å². The number of amides is 1. The summed E-state index contributed by atoms with van der Waals surface area (Å²) in [6.45, 7) is 10.6. The highest BCUT2D eigenvalue weighted by molar-refractivity contribution is 7.09. The summed E-state index contributed by atoms with van der Waals surface area (Å²) in [6, 6.07) is 0. The van der Waals surface area contributed by atoms with Crippen molar-refractivity contribution in [3.63, 3.8) is 0 Å². The maximum absolute atomic E-state index is 12.6. The fourth-order valence-corrected chi connectivity index (χ4v) is 3.45. The van der Waals surface area contributed by atoms with E-state index < -0.39 is 5.60 Å². The van der Waals surface area contributed by atoms with Gasteiger partial charge in [-0.2, -0.15) is 0 Å². The summed E-state index contributed by atoms with van der Waals surface area (Å²) in [5.41, 5.74) is -0.283. The summed E-state index contributed by atoms with van der Waals surface area (Å²) in [6.07, 6.45) is 1.37. The number of aryl methyl sites for hydroxylation is 1. The zero-order valence-electron chi connectivity index (χ0n) is 14.0. The fraction of sp³-hybridized carbons (Fsp3) is 0.750. The van der Waals surface area contributed by atoms with E-state index in [-0.39, 0.29) is 17.9 Å². The first-order valence-electron chi connectivity index (χ1n) is 7.83. The van der Waals surface area contributed by atoms with Crippen molar-refractivity contribution >= 4 is 17.2 Å². The molecule has 2 N–H and O–H groups in total. The van der Waals surface area contributed by atoms with Crippen molar-refractivity contribution in [2.75, 3.05) is 19.6 Å². The van der Waals surface area contributed by atoms with Crippen molar-refractivity contribution in [2.24, 2.45) is 5.41 Å². The summed E-state index contributed by atoms with van der Waals surface area (Å²) in [5, 5.41) is 16.9. The van der Waals surface area contributed by atoms with E-state index in [1.165, 1.54) is 0 Å². The first-order chi connectivity index (χ1) is 10.2. The van der Waals surface area contributed by atoms with Crippen LogP contribution in [-0.4, -0.2) is 46.1 Å². The first kappa shape index (κ1) is 17.4. The fourth-order valence-electron chi connectivity index (χ4n) is 2.84. The van der Waals surface area contributed by atoms with Crippen molar-refractivity contribution in [1.82, 2.24) is 15.2 Å². The van der Waals surface area contributed by atoms with E-state index in [1.54, 1.807) is 16.2 Å². The van der Waals surface area contributed by atoms with Crippen LogP contribution in [0.25, 0.3) is 0 Å². The predicted octanol–water partition coefficient (Wildman–Crippen LogP) is 1.94. The lowest BCUT2D eigenvalue weighted by atomic mass is 9.88. The molecule has 0 aliphatic carbocycles. The zero-order valence-corrected chi connectivity index (χ0v) is 14.8. The Balaban J connectivity index is 1.91. The van der Waals surface area contributed by atoms with Gasteiger partial charge in [-0.05, 0) is 25.2 Å². The van der Waals surface area contributed by atoms with Crippen LogP contribution in [0.1, 0.15) is 44.3 Å². The molecule has 0 saturated carbocycles. The lowest BCUT2D eigenvalue weighted by Crippen LogP contribution is -2.59. The molecule has 0 radical (unpaired) electrons. The van der Waals surface area contributed by atoms with E-state index in [0.717, 1.165) is 23.7 Å². The molecule has 0 bridgehead atoms. The summed E-state index contributed by atoms with van der Waals surface area (Å²) in [5.74, 6) is -0.143. The third kappa shape index (κ3) is 4.51. The third-order valence-corrected chi connectivity index (χ3v) is 4.58. The lowest BCUT2D eigenvalue weighted by Gasteiger charge is -2.40. The van der Waals surface area contributed by atoms with Crippen LogP contribution in [0.5, 0.6) is 0 Å². The van der Waals surface area contributed by atoms with Gasteiger partial charge >= 0.3 is 0 Å². The van der Waals surface area contributed by atoms with Crippen LogP contribution in [-0.2, 0) is 11.3 Å². The van der Waals surface area contributed by atoms with Crippen LogP contribution in [0.2, 0.25) is 0 Å². The molecule has 1 amide bonds. The van der Waals surface area contributed by atoms with Crippen LogP contribution < -0.4 is 5.32 Å². The van der Waals surface area contributed by atoms with Gasteiger partial charge in [0, 0.05) is 31.6 Å². The van der Waals surface area contributed by atoms with Crippen LogP contribution >= 0.6 is 11.3 Å². The molecule has 0 spiro atoms. The van der Waals surface area contributed by atoms with Crippen LogP contribution in [0.3, 0.4) is 0 Å². The molecule has 2 rings (SSSR count). The predicted molar refractivity (Wildman–Crippen MR) is 88.8 cm³/mol. The maximum atomic E-state index is 12.6. The van der Waals surface area contributed by atoms with E-state index >= 15 is 0 Å². The summed E-state index contributed by atoms with van der Waals surface area (Å²) < 4.78 is 0. The van der Waals surface area contributed by atoms with Gasteiger partial charge < -0.3 is 15.3 Å². The summed E-state index contributed by atoms with van der Waals surface area (Å²) in [4.78, 5) is 18.8. The number of aliphatic hydroxyl groups is 1. The Morgan fingerprint density at radius 3 is 2.82 bits per heavy atom. The molecule has 22 heavy (non-hydrogen) atoms. The number of carbonyl (C=O) groups excluding carboxylic acids is 1. The van der Waals surface area contributed by atoms with Crippen LogP contribution in [0.4, 0.5) is 0 Å². The molecular formula is C16H27N3O2S. The van der Waals surface area contributed by atoms with Gasteiger partial charge in [-0.1, -0.05) is 20.8 Å². The molecule has 124 valence electrons. The van der Waals surface area contributed by atoms with Gasteiger partial charge in [-0.3, -0.25) is 4.79 Å². The molecular weight excluding hydrogens is 298 g/mol. The Morgan fingerprint density at radius 2 is 2.23 bits per heavy atom. The topological polar surface area (TPSA) is 65.5 Å². The number of hydrogen-bond acceptors (Lipinski definition) is 5. The Labute approximate surface area is 136 Å². The van der Waals surface area contributed by atoms with Crippen LogP contribution in [0.15, 0.2) is 5.38 Å². The molecule has 1 fully saturated rings. The lowest BCUT2D eigenvalue weighted by molar-refractivity contribution is -0.158. The number of carbonyl (C=O) groups is 1. The van der Waals surface area contributed by atoms with Gasteiger partial charge in [-0.15, -0.1) is 11.3 Å². The highest BCUT2D eigenvalue weighted by Crippen LogP contribution is 2.26. The van der Waals surface area contributed by atoms with E-state index in [2.05, 4.69) is 31.1 Å². The molecule has 0 aromatic carbocycles. The quantitative estimate of drug-likeness (QED) is 0.868. The second kappa shape index (κ2) is 6.64. The number of rotatable bonds is 5. The molecule has 1 atom stereocenters. The average Bonchev–Trinajstić information content (AvgIpc) is 2.80. The zero-order chi connectivity index (χ0) is 16.4. The number of hydrogen-bond donors (Lipinski definition) is 2. The minimum atomic E-state index is -1.28. The van der Waals surface area contributed by atoms with Crippen LogP contribution in [0, 0.1) is 12.3 Å². The molecule has 5 nitrogen and oxygen atoms in total. The van der Waals surface area contributed by atoms with Crippen molar-refractivity contribution in [3.8, 4) is 0 Å². The Kier molecular flexibility index (Phi) is 5.25. The Hall–Kier alpha value is -0.980. The normalized spacial score (nSPS) is 23.1. The van der Waals surface area contributed by atoms with Gasteiger partial charge in [0.25, 0.3) is 5.91 Å². The number of likely N-dealkylation sites (tertiary alicyclic amines) is 1. The van der Waals surface area contributed by atoms with E-state index in [1.807, 2.05) is 12.3 Å². The number of thiazole rings is 1. The molecule has 1 aliphatic rings. The highest BCUT2D eigenvalue weighted by Gasteiger charge is 2.42. The molecule has 1 aromatic rings. The van der Waals surface area contributed by atoms with Crippen molar-refractivity contribution in [1.29, 1.82) is 0 Å². The minimum Gasteiger partial charge on any atom is -0.379 e. The SMILES string of the molecule is Cc1nc(CNC[C@@]2(O)CCCN(CC(C)(C)C)C2=O)cs1. The number of nitrogens with zero attached hydrogens (tertiary/aromatic N) is 2. The molecule has 6 heteroatoms. The van der Waals surface area contributed by atoms with E-state index in [0.29, 0.717) is 19.5 Å². The van der Waals surface area contributed by atoms with E-state index in [4.69, 9.17) is 0 Å². The smallest absolute Gasteiger partial charge is 0.255 e. The van der Waals surface area contributed by atoms with Gasteiger partial charge in [0.1, 0.15) is 0 Å². The molecule has 2 heterocycles. The van der Waals surface area contributed by atoms with Gasteiger partial charge in [0.05, 0.1) is 10.7 Å². The van der Waals surface area contributed by atoms with Gasteiger partial charge in [0.2, 0.25) is 0 Å². The van der Waals surface area contributed by atoms with Crippen molar-refractivity contribution < 1.29 is 9.90 Å². The standard InChI is InChI=1S/C16H27N3O2S/c1-12-18-13(9-22-12)8-17-10-16(21)6-5-7-19(14(16)20)11-15(2,3)4/h9,17,21H,5-8,10-11H2,1-4H3/t16-/m0/s1. The monoisotopic (exact) mass is 325 g/mol. The number of aromatic nitrogens is 1. The summed E-state index contributed by atoms with van der Waals surface area (Å²) in [7, 11) is 0. The highest BCUT2D eigenvalue weighted by atomic mass is 32.1. The second-order valence-electron chi connectivity index (χ2n) is 7.38. The largest absolute Gasteiger partial charge is 0.379 e. The van der Waals surface area contributed by atoms with Crippen molar-refractivity contribution in [3.05, 3.63) is 16.1 Å². The van der Waals surface area contributed by atoms with Gasteiger partial charge in [0.15, 0.2) is 5.60 Å². The molecule has 1 aromatic heterocycles. The Bertz CT molecular complexity index is 524. The number of piperidine rings is 1. The second-order valence-corrected chi connectivity index (χ2v) is 8.45. The summed E-state index contributed by atoms with van der Waals surface area (Å²) >= 11 is 1.61. The molecule has 1 aliphatic heterocycles. The third-order valence-electron chi connectivity index (χ3n) is 3.76. The number of nitrogens with one attached hydrogen (secondary N) is 1. The Morgan fingerprint density at radius 1 is 1.50 bits per heavy atom. The first-order valence-corrected chi connectivity index (χ1v) is 8.71. The average molecular weight is 325 g/mol. The molecule has 0 unspecified atom stereocenters. The maximum Gasteiger partial charge on any atom is 0.255 e. The minimum absolute atomic E-state index is 0.0411. The molecule has 1 saturated heterocycles. The van der Waals surface area contributed by atoms with E-state index in [9.17, 15) is 9.90 Å².